The molecule has 1 aliphatic rings. The fourth-order valence-corrected chi connectivity index (χ4v) is 2.19. The molecule has 112 valence electrons. The molecule has 1 atom stereocenters. The Labute approximate surface area is 131 Å². The first-order valence-electron chi connectivity index (χ1n) is 6.97. The van der Waals surface area contributed by atoms with E-state index in [1.165, 1.54) is 0 Å². The van der Waals surface area contributed by atoms with Gasteiger partial charge in [-0.25, -0.2) is 0 Å². The Bertz CT molecular complexity index is 929. The van der Waals surface area contributed by atoms with Gasteiger partial charge < -0.3 is 9.26 Å². The van der Waals surface area contributed by atoms with E-state index in [0.717, 1.165) is 5.56 Å². The Balaban J connectivity index is 1.70. The molecule has 0 bridgehead atoms. The summed E-state index contributed by atoms with van der Waals surface area (Å²) in [5.41, 5.74) is 3.51. The zero-order valence-corrected chi connectivity index (χ0v) is 11.9. The minimum Gasteiger partial charge on any atom is -0.471 e. The van der Waals surface area contributed by atoms with Crippen molar-refractivity contribution >= 4 is 16.8 Å². The number of pyridine rings is 1. The van der Waals surface area contributed by atoms with E-state index in [9.17, 15) is 0 Å². The predicted octanol–water partition coefficient (Wildman–Crippen LogP) is 3.79. The molecular formula is C16H11N5O2. The lowest BCUT2D eigenvalue weighted by molar-refractivity contribution is 0.185. The number of rotatable bonds is 3. The second kappa shape index (κ2) is 5.80. The number of nitrogens with zero attached hydrogens (tertiary/aromatic N) is 5. The largest absolute Gasteiger partial charge is 0.471 e. The van der Waals surface area contributed by atoms with Crippen LogP contribution in [0.25, 0.3) is 22.4 Å². The average molecular weight is 305 g/mol. The number of hydrogen-bond acceptors (Lipinski definition) is 7. The standard InChI is InChI=1S/C16H11N5O2/c1-2-9-22-15(5-1)20-18-12-4-3-8-17-16(12)11-6-7-14-13(10-11)19-21-23-14/h1-10,15H. The minimum absolute atomic E-state index is 0.421. The summed E-state index contributed by atoms with van der Waals surface area (Å²) in [5, 5.41) is 15.9. The van der Waals surface area contributed by atoms with Crippen molar-refractivity contribution in [1.29, 1.82) is 0 Å². The molecule has 23 heavy (non-hydrogen) atoms. The van der Waals surface area contributed by atoms with E-state index < -0.39 is 6.23 Å². The maximum absolute atomic E-state index is 5.31. The molecule has 0 saturated heterocycles. The zero-order chi connectivity index (χ0) is 15.5. The molecule has 0 saturated carbocycles. The van der Waals surface area contributed by atoms with Gasteiger partial charge in [-0.2, -0.15) is 0 Å². The molecule has 3 aromatic rings. The summed E-state index contributed by atoms with van der Waals surface area (Å²) < 4.78 is 10.3. The van der Waals surface area contributed by atoms with Crippen LogP contribution in [0, 0.1) is 0 Å². The molecule has 4 rings (SSSR count). The van der Waals surface area contributed by atoms with Crippen molar-refractivity contribution in [2.45, 2.75) is 6.23 Å². The van der Waals surface area contributed by atoms with Gasteiger partial charge in [-0.3, -0.25) is 4.98 Å². The third kappa shape index (κ3) is 2.71. The van der Waals surface area contributed by atoms with Crippen LogP contribution in [-0.2, 0) is 4.74 Å². The van der Waals surface area contributed by atoms with Gasteiger partial charge >= 0.3 is 0 Å². The molecule has 1 aliphatic heterocycles. The molecule has 0 amide bonds. The van der Waals surface area contributed by atoms with Gasteiger partial charge in [-0.15, -0.1) is 15.3 Å². The Morgan fingerprint density at radius 1 is 1.13 bits per heavy atom. The van der Waals surface area contributed by atoms with Gasteiger partial charge in [0.05, 0.1) is 12.0 Å². The summed E-state index contributed by atoms with van der Waals surface area (Å²) in [6, 6.07) is 9.20. The molecule has 0 N–H and O–H groups in total. The van der Waals surface area contributed by atoms with E-state index in [2.05, 4.69) is 25.6 Å². The summed E-state index contributed by atoms with van der Waals surface area (Å²) in [5.74, 6) is 0. The molecule has 1 unspecified atom stereocenters. The van der Waals surface area contributed by atoms with Crippen molar-refractivity contribution < 1.29 is 9.26 Å². The molecule has 0 spiro atoms. The normalized spacial score (nSPS) is 17.0. The maximum atomic E-state index is 5.31. The van der Waals surface area contributed by atoms with Crippen LogP contribution in [0.1, 0.15) is 0 Å². The van der Waals surface area contributed by atoms with Crippen molar-refractivity contribution in [1.82, 2.24) is 15.4 Å². The Hall–Kier alpha value is -3.35. The van der Waals surface area contributed by atoms with Crippen molar-refractivity contribution in [3.8, 4) is 11.3 Å². The van der Waals surface area contributed by atoms with Gasteiger partial charge in [0.2, 0.25) is 6.23 Å². The van der Waals surface area contributed by atoms with Gasteiger partial charge in [-0.05, 0) is 42.5 Å². The van der Waals surface area contributed by atoms with Crippen molar-refractivity contribution in [2.75, 3.05) is 0 Å². The molecule has 0 fully saturated rings. The van der Waals surface area contributed by atoms with Crippen LogP contribution in [0.2, 0.25) is 0 Å². The van der Waals surface area contributed by atoms with E-state index in [1.54, 1.807) is 24.6 Å². The van der Waals surface area contributed by atoms with Crippen LogP contribution >= 0.6 is 0 Å². The maximum Gasteiger partial charge on any atom is 0.227 e. The van der Waals surface area contributed by atoms with Crippen LogP contribution in [-0.4, -0.2) is 21.6 Å². The summed E-state index contributed by atoms with van der Waals surface area (Å²) in [6.45, 7) is 0. The third-order valence-electron chi connectivity index (χ3n) is 3.27. The Kier molecular flexibility index (Phi) is 3.36. The van der Waals surface area contributed by atoms with Crippen LogP contribution in [0.5, 0.6) is 0 Å². The molecular weight excluding hydrogens is 294 g/mol. The quantitative estimate of drug-likeness (QED) is 0.687. The summed E-state index contributed by atoms with van der Waals surface area (Å²) in [4.78, 5) is 4.40. The zero-order valence-electron chi connectivity index (χ0n) is 11.9. The fraction of sp³-hybridized carbons (Fsp3) is 0.0625. The molecule has 1 aromatic carbocycles. The van der Waals surface area contributed by atoms with E-state index in [-0.39, 0.29) is 0 Å². The van der Waals surface area contributed by atoms with Crippen LogP contribution in [0.4, 0.5) is 5.69 Å². The smallest absolute Gasteiger partial charge is 0.227 e. The number of fused-ring (bicyclic) bond motifs is 1. The van der Waals surface area contributed by atoms with Crippen molar-refractivity contribution in [3.05, 3.63) is 61.0 Å². The van der Waals surface area contributed by atoms with E-state index in [0.29, 0.717) is 22.5 Å². The highest BCUT2D eigenvalue weighted by Gasteiger charge is 2.10. The number of ether oxygens (including phenoxy) is 1. The second-order valence-electron chi connectivity index (χ2n) is 4.78. The highest BCUT2D eigenvalue weighted by Crippen LogP contribution is 2.30. The Morgan fingerprint density at radius 2 is 2.13 bits per heavy atom. The van der Waals surface area contributed by atoms with E-state index >= 15 is 0 Å². The van der Waals surface area contributed by atoms with Gasteiger partial charge in [0.15, 0.2) is 5.58 Å². The van der Waals surface area contributed by atoms with Crippen LogP contribution in [0.3, 0.4) is 0 Å². The van der Waals surface area contributed by atoms with Crippen LogP contribution in [0.15, 0.2) is 75.8 Å². The van der Waals surface area contributed by atoms with Gasteiger partial charge in [-0.1, -0.05) is 6.08 Å². The van der Waals surface area contributed by atoms with Crippen molar-refractivity contribution in [3.63, 3.8) is 0 Å². The van der Waals surface area contributed by atoms with Gasteiger partial charge in [0.1, 0.15) is 11.2 Å². The minimum atomic E-state index is -0.421. The summed E-state index contributed by atoms with van der Waals surface area (Å²) in [6.07, 6.45) is 8.34. The molecule has 3 heterocycles. The summed E-state index contributed by atoms with van der Waals surface area (Å²) >= 11 is 0. The molecule has 7 heteroatoms. The number of azo groups is 1. The number of benzene rings is 1. The second-order valence-corrected chi connectivity index (χ2v) is 4.78. The van der Waals surface area contributed by atoms with E-state index in [1.807, 2.05) is 36.4 Å². The monoisotopic (exact) mass is 305 g/mol. The highest BCUT2D eigenvalue weighted by atomic mass is 16.5. The van der Waals surface area contributed by atoms with Crippen LogP contribution < -0.4 is 0 Å². The van der Waals surface area contributed by atoms with Gasteiger partial charge in [0.25, 0.3) is 0 Å². The highest BCUT2D eigenvalue weighted by molar-refractivity contribution is 5.81. The van der Waals surface area contributed by atoms with Gasteiger partial charge in [0, 0.05) is 17.0 Å². The molecule has 2 aromatic heterocycles. The summed E-state index contributed by atoms with van der Waals surface area (Å²) in [7, 11) is 0. The first-order valence-corrected chi connectivity index (χ1v) is 6.97. The lowest BCUT2D eigenvalue weighted by Crippen LogP contribution is -2.02. The molecule has 0 radical (unpaired) electrons. The molecule has 0 aliphatic carbocycles. The molecule has 7 nitrogen and oxygen atoms in total. The number of allylic oxidation sites excluding steroid dienone is 2. The third-order valence-corrected chi connectivity index (χ3v) is 3.27. The van der Waals surface area contributed by atoms with E-state index in [4.69, 9.17) is 9.26 Å². The SMILES string of the molecule is C1=COC(N=Nc2cccnc2-c2ccc3onnc3c2)C=C1. The van der Waals surface area contributed by atoms with Crippen molar-refractivity contribution in [2.24, 2.45) is 10.2 Å². The fourth-order valence-electron chi connectivity index (χ4n) is 2.19. The average Bonchev–Trinajstić information content (AvgIpc) is 3.09. The lowest BCUT2D eigenvalue weighted by Gasteiger charge is -2.09. The topological polar surface area (TPSA) is 85.8 Å². The first kappa shape index (κ1) is 13.3. The lowest BCUT2D eigenvalue weighted by atomic mass is 10.1. The number of aromatic nitrogens is 3. The number of hydrogen-bond donors (Lipinski definition) is 0. The Morgan fingerprint density at radius 3 is 3.04 bits per heavy atom. The first-order chi connectivity index (χ1) is 11.4. The predicted molar refractivity (Wildman–Crippen MR) is 82.7 cm³/mol.